The van der Waals surface area contributed by atoms with Gasteiger partial charge in [-0.2, -0.15) is 0 Å². The molecule has 0 spiro atoms. The van der Waals surface area contributed by atoms with Crippen LogP contribution in [0.2, 0.25) is 0 Å². The highest BCUT2D eigenvalue weighted by Crippen LogP contribution is 2.40. The molecule has 0 aromatic heterocycles. The summed E-state index contributed by atoms with van der Waals surface area (Å²) in [6.45, 7) is 0. The van der Waals surface area contributed by atoms with Crippen molar-refractivity contribution in [2.75, 3.05) is 9.80 Å². The van der Waals surface area contributed by atoms with Crippen molar-refractivity contribution in [2.24, 2.45) is 0 Å². The third kappa shape index (κ3) is 7.37. The Kier molecular flexibility index (Phi) is 9.75. The molecule has 9 rings (SSSR count). The van der Waals surface area contributed by atoms with Crippen LogP contribution < -0.4 is 9.80 Å². The summed E-state index contributed by atoms with van der Waals surface area (Å²) in [7, 11) is 0. The van der Waals surface area contributed by atoms with Crippen LogP contribution >= 0.6 is 0 Å². The summed E-state index contributed by atoms with van der Waals surface area (Å²) in [4.78, 5) is 4.63. The molecular formula is C54H40N2. The highest BCUT2D eigenvalue weighted by molar-refractivity contribution is 5.83. The fourth-order valence-corrected chi connectivity index (χ4v) is 7.38. The van der Waals surface area contributed by atoms with E-state index in [2.05, 4.69) is 252 Å². The summed E-state index contributed by atoms with van der Waals surface area (Å²) in [5.74, 6) is 0. The Labute approximate surface area is 329 Å². The molecule has 2 nitrogen and oxygen atoms in total. The summed E-state index contributed by atoms with van der Waals surface area (Å²) in [6, 6.07) is 86.5. The van der Waals surface area contributed by atoms with Crippen LogP contribution in [0.1, 0.15) is 0 Å². The molecule has 9 aromatic carbocycles. The van der Waals surface area contributed by atoms with E-state index in [1.165, 1.54) is 44.5 Å². The van der Waals surface area contributed by atoms with E-state index < -0.39 is 0 Å². The molecule has 0 saturated carbocycles. The van der Waals surface area contributed by atoms with Crippen molar-refractivity contribution >= 4 is 34.1 Å². The van der Waals surface area contributed by atoms with Crippen LogP contribution in [0.4, 0.5) is 34.1 Å². The van der Waals surface area contributed by atoms with Crippen LogP contribution in [0.15, 0.2) is 243 Å². The monoisotopic (exact) mass is 716 g/mol. The van der Waals surface area contributed by atoms with E-state index in [0.717, 1.165) is 34.1 Å². The SMILES string of the molecule is c1ccc(-c2ccc(-c3ccc(N(c4ccc(-c5ccc(-c6ccccc6)cc5)cc4)c4ccc(N(c5ccccc5)c5ccccc5)cc4)cc3)cc2)cc1. The molecule has 9 aromatic rings. The number of nitrogens with zero attached hydrogens (tertiary/aromatic N) is 2. The Hall–Kier alpha value is -7.42. The second kappa shape index (κ2) is 15.9. The average molecular weight is 717 g/mol. The number of para-hydroxylation sites is 2. The molecular weight excluding hydrogens is 677 g/mol. The quantitative estimate of drug-likeness (QED) is 0.139. The van der Waals surface area contributed by atoms with Crippen molar-refractivity contribution in [2.45, 2.75) is 0 Å². The van der Waals surface area contributed by atoms with Gasteiger partial charge in [0, 0.05) is 34.1 Å². The Morgan fingerprint density at radius 2 is 0.304 bits per heavy atom. The summed E-state index contributed by atoms with van der Waals surface area (Å²) >= 11 is 0. The standard InChI is InChI=1S/C54H40N2/c1-5-13-41(14-6-1)43-21-25-45(26-22-43)47-29-33-51(34-30-47)56(52-35-31-48(32-36-52)46-27-23-44(24-28-46)42-15-7-2-8-16-42)54-39-37-53(38-40-54)55(49-17-9-3-10-18-49)50-19-11-4-12-20-50/h1-40H. The Bertz CT molecular complexity index is 2440. The summed E-state index contributed by atoms with van der Waals surface area (Å²) in [5, 5.41) is 0. The van der Waals surface area contributed by atoms with Crippen LogP contribution in [-0.4, -0.2) is 0 Å². The number of hydrogen-bond acceptors (Lipinski definition) is 2. The molecule has 0 radical (unpaired) electrons. The van der Waals surface area contributed by atoms with Gasteiger partial charge in [-0.1, -0.05) is 170 Å². The molecule has 0 heterocycles. The maximum atomic E-state index is 2.34. The predicted octanol–water partition coefficient (Wildman–Crippen LogP) is 15.3. The fourth-order valence-electron chi connectivity index (χ4n) is 7.38. The molecule has 0 aliphatic heterocycles. The zero-order valence-electron chi connectivity index (χ0n) is 31.0. The molecule has 56 heavy (non-hydrogen) atoms. The minimum Gasteiger partial charge on any atom is -0.311 e. The third-order valence-electron chi connectivity index (χ3n) is 10.3. The predicted molar refractivity (Wildman–Crippen MR) is 238 cm³/mol. The van der Waals surface area contributed by atoms with Gasteiger partial charge in [0.15, 0.2) is 0 Å². The highest BCUT2D eigenvalue weighted by Gasteiger charge is 2.16. The zero-order chi connectivity index (χ0) is 37.5. The minimum absolute atomic E-state index is 1.08. The van der Waals surface area contributed by atoms with E-state index in [1.807, 2.05) is 0 Å². The molecule has 2 heteroatoms. The minimum atomic E-state index is 1.08. The van der Waals surface area contributed by atoms with Crippen molar-refractivity contribution in [1.82, 2.24) is 0 Å². The number of benzene rings is 9. The average Bonchev–Trinajstić information content (AvgIpc) is 3.29. The highest BCUT2D eigenvalue weighted by atomic mass is 15.2. The van der Waals surface area contributed by atoms with E-state index in [-0.39, 0.29) is 0 Å². The molecule has 0 atom stereocenters. The number of hydrogen-bond donors (Lipinski definition) is 0. The first-order valence-electron chi connectivity index (χ1n) is 19.1. The maximum Gasteiger partial charge on any atom is 0.0463 e. The van der Waals surface area contributed by atoms with Gasteiger partial charge in [-0.05, 0) is 117 Å². The van der Waals surface area contributed by atoms with E-state index in [9.17, 15) is 0 Å². The van der Waals surface area contributed by atoms with Gasteiger partial charge in [0.05, 0.1) is 0 Å². The smallest absolute Gasteiger partial charge is 0.0463 e. The van der Waals surface area contributed by atoms with Crippen LogP contribution in [0, 0.1) is 0 Å². The van der Waals surface area contributed by atoms with Gasteiger partial charge in [-0.15, -0.1) is 0 Å². The van der Waals surface area contributed by atoms with Crippen LogP contribution in [-0.2, 0) is 0 Å². The zero-order valence-corrected chi connectivity index (χ0v) is 31.0. The first kappa shape index (κ1) is 34.4. The van der Waals surface area contributed by atoms with E-state index in [0.29, 0.717) is 0 Å². The molecule has 0 amide bonds. The van der Waals surface area contributed by atoms with E-state index in [1.54, 1.807) is 0 Å². The van der Waals surface area contributed by atoms with Crippen molar-refractivity contribution in [3.8, 4) is 44.5 Å². The van der Waals surface area contributed by atoms with Crippen molar-refractivity contribution in [1.29, 1.82) is 0 Å². The lowest BCUT2D eigenvalue weighted by molar-refractivity contribution is 1.26. The lowest BCUT2D eigenvalue weighted by Crippen LogP contribution is -2.12. The van der Waals surface area contributed by atoms with E-state index >= 15 is 0 Å². The fraction of sp³-hybridized carbons (Fsp3) is 0. The molecule has 0 aliphatic rings. The Morgan fingerprint density at radius 1 is 0.143 bits per heavy atom. The molecule has 266 valence electrons. The normalized spacial score (nSPS) is 10.9. The van der Waals surface area contributed by atoms with Crippen molar-refractivity contribution < 1.29 is 0 Å². The summed E-state index contributed by atoms with van der Waals surface area (Å²) < 4.78 is 0. The van der Waals surface area contributed by atoms with Gasteiger partial charge < -0.3 is 9.80 Å². The first-order chi connectivity index (χ1) is 27.8. The summed E-state index contributed by atoms with van der Waals surface area (Å²) in [5.41, 5.74) is 16.2. The molecule has 0 saturated heterocycles. The third-order valence-corrected chi connectivity index (χ3v) is 10.3. The maximum absolute atomic E-state index is 2.34. The van der Waals surface area contributed by atoms with Gasteiger partial charge in [-0.25, -0.2) is 0 Å². The van der Waals surface area contributed by atoms with Crippen molar-refractivity contribution in [3.63, 3.8) is 0 Å². The Morgan fingerprint density at radius 3 is 0.554 bits per heavy atom. The van der Waals surface area contributed by atoms with Crippen molar-refractivity contribution in [3.05, 3.63) is 243 Å². The van der Waals surface area contributed by atoms with E-state index in [4.69, 9.17) is 0 Å². The second-order valence-corrected chi connectivity index (χ2v) is 13.8. The van der Waals surface area contributed by atoms with Crippen LogP contribution in [0.5, 0.6) is 0 Å². The largest absolute Gasteiger partial charge is 0.311 e. The molecule has 0 aliphatic carbocycles. The molecule has 0 bridgehead atoms. The van der Waals surface area contributed by atoms with Crippen LogP contribution in [0.25, 0.3) is 44.5 Å². The van der Waals surface area contributed by atoms with Gasteiger partial charge >= 0.3 is 0 Å². The lowest BCUT2D eigenvalue weighted by atomic mass is 9.99. The van der Waals surface area contributed by atoms with Gasteiger partial charge in [0.25, 0.3) is 0 Å². The molecule has 0 fully saturated rings. The Balaban J connectivity index is 1.05. The summed E-state index contributed by atoms with van der Waals surface area (Å²) in [6.07, 6.45) is 0. The number of rotatable bonds is 10. The van der Waals surface area contributed by atoms with Gasteiger partial charge in [-0.3, -0.25) is 0 Å². The van der Waals surface area contributed by atoms with Gasteiger partial charge in [0.2, 0.25) is 0 Å². The topological polar surface area (TPSA) is 6.48 Å². The second-order valence-electron chi connectivity index (χ2n) is 13.8. The first-order valence-corrected chi connectivity index (χ1v) is 19.1. The van der Waals surface area contributed by atoms with Gasteiger partial charge in [0.1, 0.15) is 0 Å². The number of anilines is 6. The molecule has 0 unspecified atom stereocenters. The lowest BCUT2D eigenvalue weighted by Gasteiger charge is -2.28. The van der Waals surface area contributed by atoms with Crippen LogP contribution in [0.3, 0.4) is 0 Å². The molecule has 0 N–H and O–H groups in total.